The zero-order valence-corrected chi connectivity index (χ0v) is 19.1. The molecule has 3 saturated heterocycles. The van der Waals surface area contributed by atoms with Gasteiger partial charge < -0.3 is 18.9 Å². The number of urea groups is 1. The van der Waals surface area contributed by atoms with Gasteiger partial charge in [-0.1, -0.05) is 5.16 Å². The van der Waals surface area contributed by atoms with Gasteiger partial charge in [-0.25, -0.2) is 14.0 Å². The van der Waals surface area contributed by atoms with E-state index >= 15 is 4.39 Å². The molecule has 0 bridgehead atoms. The first-order valence-electron chi connectivity index (χ1n) is 11.3. The second-order valence-corrected chi connectivity index (χ2v) is 9.52. The normalized spacial score (nSPS) is 29.7. The number of aromatic nitrogens is 1. The van der Waals surface area contributed by atoms with Crippen molar-refractivity contribution in [3.8, 4) is 0 Å². The topological polar surface area (TPSA) is 143 Å². The maximum atomic E-state index is 16.1. The molecule has 2 aromatic rings. The summed E-state index contributed by atoms with van der Waals surface area (Å²) in [6.07, 6.45) is -2.19. The van der Waals surface area contributed by atoms with Crippen LogP contribution in [0.3, 0.4) is 0 Å². The highest BCUT2D eigenvalue weighted by atomic mass is 19.1. The number of ether oxygens (including phenoxy) is 2. The van der Waals surface area contributed by atoms with Gasteiger partial charge in [0.1, 0.15) is 6.10 Å². The van der Waals surface area contributed by atoms with Crippen molar-refractivity contribution in [2.75, 3.05) is 22.9 Å². The summed E-state index contributed by atoms with van der Waals surface area (Å²) < 4.78 is 32.5. The molecule has 0 unspecified atom stereocenters. The molecular formula is C22H22FN5O7. The fraction of sp³-hybridized carbons (Fsp3) is 0.500. The molecule has 4 aliphatic rings. The van der Waals surface area contributed by atoms with Crippen molar-refractivity contribution in [2.24, 2.45) is 5.41 Å². The number of rotatable bonds is 1. The van der Waals surface area contributed by atoms with Crippen LogP contribution in [0.2, 0.25) is 0 Å². The SMILES string of the molecule is C[C@H]1CN(c2noc3c(F)c4c(cc23)CC2(C(=O)NC(=O)NC2=O)[C@@H]2[C@@H](C)O[C@@H](C)CN42)C(=O)O1. The number of morpholine rings is 1. The highest BCUT2D eigenvalue weighted by Gasteiger charge is 2.63. The largest absolute Gasteiger partial charge is 0.444 e. The fourth-order valence-corrected chi connectivity index (χ4v) is 5.91. The third kappa shape index (κ3) is 2.84. The van der Waals surface area contributed by atoms with Gasteiger partial charge in [-0.3, -0.25) is 25.1 Å². The van der Waals surface area contributed by atoms with E-state index in [-0.39, 0.29) is 54.2 Å². The summed E-state index contributed by atoms with van der Waals surface area (Å²) >= 11 is 0. The molecule has 5 amide bonds. The number of cyclic esters (lactones) is 1. The Balaban J connectivity index is 1.57. The van der Waals surface area contributed by atoms with Crippen LogP contribution in [0.25, 0.3) is 11.0 Å². The third-order valence-electron chi connectivity index (χ3n) is 7.16. The van der Waals surface area contributed by atoms with Crippen molar-refractivity contribution >= 4 is 46.4 Å². The van der Waals surface area contributed by atoms with Crippen molar-refractivity contribution in [2.45, 2.75) is 51.5 Å². The van der Waals surface area contributed by atoms with Gasteiger partial charge in [-0.2, -0.15) is 0 Å². The van der Waals surface area contributed by atoms with Crippen LogP contribution < -0.4 is 20.4 Å². The van der Waals surface area contributed by atoms with E-state index in [1.807, 2.05) is 0 Å². The highest BCUT2D eigenvalue weighted by molar-refractivity contribution is 6.20. The summed E-state index contributed by atoms with van der Waals surface area (Å²) in [6.45, 7) is 5.63. The van der Waals surface area contributed by atoms with Crippen molar-refractivity contribution in [3.63, 3.8) is 0 Å². The molecule has 1 aromatic carbocycles. The number of anilines is 2. The van der Waals surface area contributed by atoms with E-state index in [2.05, 4.69) is 15.8 Å². The van der Waals surface area contributed by atoms with E-state index in [9.17, 15) is 19.2 Å². The predicted octanol–water partition coefficient (Wildman–Crippen LogP) is 1.20. The van der Waals surface area contributed by atoms with E-state index in [4.69, 9.17) is 14.0 Å². The van der Waals surface area contributed by atoms with Gasteiger partial charge in [-0.05, 0) is 32.4 Å². The molecular weight excluding hydrogens is 465 g/mol. The Labute approximate surface area is 197 Å². The number of barbiturate groups is 1. The first-order valence-corrected chi connectivity index (χ1v) is 11.3. The van der Waals surface area contributed by atoms with Gasteiger partial charge in [0, 0.05) is 13.0 Å². The minimum absolute atomic E-state index is 0.0867. The molecule has 184 valence electrons. The van der Waals surface area contributed by atoms with E-state index in [1.54, 1.807) is 31.7 Å². The van der Waals surface area contributed by atoms with Crippen LogP contribution in [0, 0.1) is 11.2 Å². The molecule has 35 heavy (non-hydrogen) atoms. The van der Waals surface area contributed by atoms with E-state index in [0.717, 1.165) is 0 Å². The molecule has 2 N–H and O–H groups in total. The summed E-state index contributed by atoms with van der Waals surface area (Å²) in [5.41, 5.74) is -1.38. The predicted molar refractivity (Wildman–Crippen MR) is 116 cm³/mol. The zero-order valence-electron chi connectivity index (χ0n) is 19.1. The van der Waals surface area contributed by atoms with Crippen LogP contribution in [0.15, 0.2) is 10.6 Å². The van der Waals surface area contributed by atoms with Crippen LogP contribution in [0.5, 0.6) is 0 Å². The minimum Gasteiger partial charge on any atom is -0.444 e. The first kappa shape index (κ1) is 21.8. The maximum absolute atomic E-state index is 16.1. The molecule has 0 radical (unpaired) electrons. The summed E-state index contributed by atoms with van der Waals surface area (Å²) in [5.74, 6) is -2.19. The molecule has 1 aromatic heterocycles. The molecule has 6 rings (SSSR count). The lowest BCUT2D eigenvalue weighted by molar-refractivity contribution is -0.153. The lowest BCUT2D eigenvalue weighted by Crippen LogP contribution is -2.75. The maximum Gasteiger partial charge on any atom is 0.416 e. The number of imide groups is 2. The lowest BCUT2D eigenvalue weighted by atomic mass is 9.66. The van der Waals surface area contributed by atoms with Gasteiger partial charge in [-0.15, -0.1) is 0 Å². The summed E-state index contributed by atoms with van der Waals surface area (Å²) in [7, 11) is 0. The van der Waals surface area contributed by atoms with Gasteiger partial charge >= 0.3 is 12.1 Å². The number of hydrogen-bond donors (Lipinski definition) is 2. The van der Waals surface area contributed by atoms with Gasteiger partial charge in [0.05, 0.1) is 35.9 Å². The molecule has 4 aliphatic heterocycles. The van der Waals surface area contributed by atoms with E-state index < -0.39 is 47.3 Å². The van der Waals surface area contributed by atoms with Gasteiger partial charge in [0.2, 0.25) is 17.4 Å². The molecule has 0 saturated carbocycles. The Morgan fingerprint density at radius 2 is 1.80 bits per heavy atom. The van der Waals surface area contributed by atoms with Crippen molar-refractivity contribution in [1.29, 1.82) is 0 Å². The zero-order chi connectivity index (χ0) is 24.8. The first-order chi connectivity index (χ1) is 16.6. The Kier molecular flexibility index (Phi) is 4.44. The van der Waals surface area contributed by atoms with Crippen molar-refractivity contribution < 1.29 is 37.6 Å². The summed E-state index contributed by atoms with van der Waals surface area (Å²) in [5, 5.41) is 8.53. The summed E-state index contributed by atoms with van der Waals surface area (Å²) in [4.78, 5) is 53.6. The Morgan fingerprint density at radius 3 is 2.46 bits per heavy atom. The number of carbonyl (C=O) groups excluding carboxylic acids is 4. The van der Waals surface area contributed by atoms with Gasteiger partial charge in [0.25, 0.3) is 0 Å². The van der Waals surface area contributed by atoms with E-state index in [1.165, 1.54) is 4.90 Å². The molecule has 13 heteroatoms. The van der Waals surface area contributed by atoms with Crippen LogP contribution in [0.4, 0.5) is 25.5 Å². The standard InChI is InChI=1S/C22H22FN5O7/c1-8-6-27-14-11(5-22(16(27)10(3)33-8)18(29)24-20(31)25-19(22)30)4-12-15(13(14)23)35-26-17(12)28-7-9(2)34-21(28)32/h4,8-10,16H,5-7H2,1-3H3,(H2,24,25,29,30,31)/t8-,9-,10+,16-/m0/s1. The monoisotopic (exact) mass is 487 g/mol. The molecule has 4 atom stereocenters. The van der Waals surface area contributed by atoms with Crippen molar-refractivity contribution in [3.05, 3.63) is 17.4 Å². The number of amides is 5. The number of benzene rings is 1. The molecule has 3 fully saturated rings. The summed E-state index contributed by atoms with van der Waals surface area (Å²) in [6, 6.07) is -0.219. The van der Waals surface area contributed by atoms with Crippen molar-refractivity contribution in [1.82, 2.24) is 15.8 Å². The Hall–Kier alpha value is -3.74. The Morgan fingerprint density at radius 1 is 1.09 bits per heavy atom. The third-order valence-corrected chi connectivity index (χ3v) is 7.16. The fourth-order valence-electron chi connectivity index (χ4n) is 5.91. The minimum atomic E-state index is -1.75. The molecule has 1 spiro atoms. The van der Waals surface area contributed by atoms with Crippen LogP contribution >= 0.6 is 0 Å². The van der Waals surface area contributed by atoms with E-state index in [0.29, 0.717) is 5.56 Å². The highest BCUT2D eigenvalue weighted by Crippen LogP contribution is 2.49. The van der Waals surface area contributed by atoms with Crippen LogP contribution in [-0.2, 0) is 25.5 Å². The number of carbonyl (C=O) groups is 4. The second-order valence-electron chi connectivity index (χ2n) is 9.52. The average Bonchev–Trinajstić information content (AvgIpc) is 3.33. The number of halogens is 1. The number of hydrogen-bond acceptors (Lipinski definition) is 9. The van der Waals surface area contributed by atoms with Crippen LogP contribution in [-0.4, -0.2) is 66.5 Å². The molecule has 5 heterocycles. The molecule has 12 nitrogen and oxygen atoms in total. The smallest absolute Gasteiger partial charge is 0.416 e. The quantitative estimate of drug-likeness (QED) is 0.567. The van der Waals surface area contributed by atoms with Crippen LogP contribution in [0.1, 0.15) is 26.3 Å². The number of nitrogens with zero attached hydrogens (tertiary/aromatic N) is 3. The number of fused-ring (bicyclic) bond motifs is 5. The van der Waals surface area contributed by atoms with Gasteiger partial charge in [0.15, 0.2) is 17.1 Å². The Bertz CT molecular complexity index is 1300. The molecule has 0 aliphatic carbocycles. The average molecular weight is 487 g/mol. The second kappa shape index (κ2) is 7.13. The lowest BCUT2D eigenvalue weighted by Gasteiger charge is -2.55. The number of nitrogens with one attached hydrogen (secondary N) is 2.